The molecule has 4 saturated carbocycles. The van der Waals surface area contributed by atoms with Crippen molar-refractivity contribution < 1.29 is 4.79 Å². The summed E-state index contributed by atoms with van der Waals surface area (Å²) in [6.45, 7) is 4.33. The highest BCUT2D eigenvalue weighted by molar-refractivity contribution is 5.78. The van der Waals surface area contributed by atoms with E-state index in [1.54, 1.807) is 0 Å². The number of hydrogen-bond acceptors (Lipinski definition) is 1. The Morgan fingerprint density at radius 3 is 2.18 bits per heavy atom. The van der Waals surface area contributed by atoms with Gasteiger partial charge in [-0.15, -0.1) is 0 Å². The average molecular weight is 303 g/mol. The molecule has 0 aromatic carbocycles. The van der Waals surface area contributed by atoms with Gasteiger partial charge in [-0.2, -0.15) is 0 Å². The molecule has 4 rings (SSSR count). The van der Waals surface area contributed by atoms with Gasteiger partial charge < -0.3 is 0 Å². The second-order valence-corrected chi connectivity index (χ2v) is 9.30. The van der Waals surface area contributed by atoms with E-state index in [-0.39, 0.29) is 0 Å². The van der Waals surface area contributed by atoms with Gasteiger partial charge in [0.25, 0.3) is 0 Å². The van der Waals surface area contributed by atoms with E-state index in [1.165, 1.54) is 64.2 Å². The first-order valence-electron chi connectivity index (χ1n) is 10.2. The van der Waals surface area contributed by atoms with Gasteiger partial charge >= 0.3 is 0 Å². The number of rotatable bonds is 1. The lowest BCUT2D eigenvalue weighted by atomic mass is 9.49. The molecule has 0 amide bonds. The van der Waals surface area contributed by atoms with Crippen LogP contribution >= 0.6 is 0 Å². The third-order valence-corrected chi connectivity index (χ3v) is 8.30. The van der Waals surface area contributed by atoms with Crippen molar-refractivity contribution in [2.75, 3.05) is 0 Å². The summed E-state index contributed by atoms with van der Waals surface area (Å²) in [5.41, 5.74) is 0. The van der Waals surface area contributed by atoms with Crippen LogP contribution in [0.5, 0.6) is 0 Å². The molecule has 124 valence electrons. The number of Topliss-reactive ketones (excluding diaryl/α,β-unsaturated/α-hetero) is 1. The van der Waals surface area contributed by atoms with E-state index in [0.717, 1.165) is 41.4 Å². The van der Waals surface area contributed by atoms with Gasteiger partial charge in [-0.3, -0.25) is 4.79 Å². The molecule has 22 heavy (non-hydrogen) atoms. The summed E-state index contributed by atoms with van der Waals surface area (Å²) in [5.74, 6) is 7.66. The van der Waals surface area contributed by atoms with Crippen LogP contribution < -0.4 is 0 Å². The molecule has 4 aliphatic carbocycles. The van der Waals surface area contributed by atoms with E-state index in [1.807, 2.05) is 6.92 Å². The van der Waals surface area contributed by atoms with Crippen LogP contribution in [-0.2, 0) is 4.79 Å². The Balaban J connectivity index is 1.53. The third-order valence-electron chi connectivity index (χ3n) is 8.30. The molecule has 4 aliphatic rings. The summed E-state index contributed by atoms with van der Waals surface area (Å²) in [4.78, 5) is 12.1. The first kappa shape index (κ1) is 15.2. The SMILES string of the molecule is CC(=O)C1CCCC2C1CCC1C3CCC(C)CC3CCC12. The fraction of sp³-hybridized carbons (Fsp3) is 0.952. The van der Waals surface area contributed by atoms with Gasteiger partial charge in [0.15, 0.2) is 0 Å². The molecule has 4 fully saturated rings. The van der Waals surface area contributed by atoms with E-state index in [2.05, 4.69) is 6.92 Å². The minimum absolute atomic E-state index is 0.420. The van der Waals surface area contributed by atoms with Crippen LogP contribution in [0.15, 0.2) is 0 Å². The largest absolute Gasteiger partial charge is 0.300 e. The van der Waals surface area contributed by atoms with Crippen molar-refractivity contribution in [3.8, 4) is 0 Å². The van der Waals surface area contributed by atoms with Crippen molar-refractivity contribution in [3.63, 3.8) is 0 Å². The maximum atomic E-state index is 12.1. The summed E-state index contributed by atoms with van der Waals surface area (Å²) in [6, 6.07) is 0. The number of carbonyl (C=O) groups is 1. The number of carbonyl (C=O) groups excluding carboxylic acids is 1. The zero-order valence-electron chi connectivity index (χ0n) is 14.6. The topological polar surface area (TPSA) is 17.1 Å². The van der Waals surface area contributed by atoms with Crippen molar-refractivity contribution in [2.24, 2.45) is 47.3 Å². The quantitative estimate of drug-likeness (QED) is 0.627. The number of ketones is 1. The zero-order valence-corrected chi connectivity index (χ0v) is 14.6. The van der Waals surface area contributed by atoms with E-state index in [0.29, 0.717) is 11.7 Å². The second kappa shape index (κ2) is 5.95. The summed E-state index contributed by atoms with van der Waals surface area (Å²) in [6.07, 6.45) is 14.3. The van der Waals surface area contributed by atoms with Crippen molar-refractivity contribution >= 4 is 5.78 Å². The Bertz CT molecular complexity index is 428. The number of hydrogen-bond donors (Lipinski definition) is 0. The van der Waals surface area contributed by atoms with Gasteiger partial charge in [0.05, 0.1) is 0 Å². The van der Waals surface area contributed by atoms with Crippen LogP contribution in [0.2, 0.25) is 0 Å². The molecule has 8 atom stereocenters. The summed E-state index contributed by atoms with van der Waals surface area (Å²) in [7, 11) is 0. The highest BCUT2D eigenvalue weighted by Gasteiger charge is 2.50. The molecule has 0 radical (unpaired) electrons. The Morgan fingerprint density at radius 2 is 1.36 bits per heavy atom. The van der Waals surface area contributed by atoms with E-state index >= 15 is 0 Å². The van der Waals surface area contributed by atoms with Crippen LogP contribution in [0.3, 0.4) is 0 Å². The normalized spacial score (nSPS) is 51.4. The Morgan fingerprint density at radius 1 is 0.727 bits per heavy atom. The van der Waals surface area contributed by atoms with Crippen molar-refractivity contribution in [3.05, 3.63) is 0 Å². The number of fused-ring (bicyclic) bond motifs is 5. The van der Waals surface area contributed by atoms with Crippen LogP contribution in [0.25, 0.3) is 0 Å². The van der Waals surface area contributed by atoms with Gasteiger partial charge in [0.2, 0.25) is 0 Å². The molecular weight excluding hydrogens is 268 g/mol. The highest BCUT2D eigenvalue weighted by atomic mass is 16.1. The fourth-order valence-electron chi connectivity index (χ4n) is 7.45. The van der Waals surface area contributed by atoms with Crippen molar-refractivity contribution in [1.29, 1.82) is 0 Å². The Hall–Kier alpha value is -0.330. The Kier molecular flexibility index (Phi) is 4.11. The molecule has 0 aliphatic heterocycles. The molecular formula is C21H34O. The lowest BCUT2D eigenvalue weighted by Gasteiger charge is -2.56. The summed E-state index contributed by atoms with van der Waals surface area (Å²) >= 11 is 0. The molecule has 0 saturated heterocycles. The highest BCUT2D eigenvalue weighted by Crippen LogP contribution is 2.58. The van der Waals surface area contributed by atoms with E-state index in [4.69, 9.17) is 0 Å². The monoisotopic (exact) mass is 302 g/mol. The predicted molar refractivity (Wildman–Crippen MR) is 90.4 cm³/mol. The van der Waals surface area contributed by atoms with Crippen molar-refractivity contribution in [2.45, 2.75) is 78.1 Å². The minimum Gasteiger partial charge on any atom is -0.300 e. The maximum Gasteiger partial charge on any atom is 0.133 e. The van der Waals surface area contributed by atoms with Crippen molar-refractivity contribution in [1.82, 2.24) is 0 Å². The third kappa shape index (κ3) is 2.47. The van der Waals surface area contributed by atoms with Gasteiger partial charge in [-0.1, -0.05) is 19.8 Å². The first-order valence-corrected chi connectivity index (χ1v) is 10.2. The summed E-state index contributed by atoms with van der Waals surface area (Å²) in [5, 5.41) is 0. The van der Waals surface area contributed by atoms with Gasteiger partial charge in [-0.25, -0.2) is 0 Å². The molecule has 8 unspecified atom stereocenters. The van der Waals surface area contributed by atoms with E-state index in [9.17, 15) is 4.79 Å². The molecule has 0 spiro atoms. The van der Waals surface area contributed by atoms with Crippen LogP contribution in [0, 0.1) is 47.3 Å². The second-order valence-electron chi connectivity index (χ2n) is 9.30. The fourth-order valence-corrected chi connectivity index (χ4v) is 7.45. The first-order chi connectivity index (χ1) is 10.6. The van der Waals surface area contributed by atoms with Crippen LogP contribution in [0.4, 0.5) is 0 Å². The Labute approximate surface area is 136 Å². The van der Waals surface area contributed by atoms with Crippen LogP contribution in [0.1, 0.15) is 78.1 Å². The standard InChI is InChI=1S/C21H34O/c1-13-6-8-17-15(12-13)7-9-21-18-5-3-4-16(14(2)22)19(18)10-11-20(17)21/h13,15-21H,3-12H2,1-2H3. The van der Waals surface area contributed by atoms with E-state index < -0.39 is 0 Å². The molecule has 1 heteroatoms. The average Bonchev–Trinajstić information content (AvgIpc) is 2.53. The molecule has 0 aromatic heterocycles. The lowest BCUT2D eigenvalue weighted by Crippen LogP contribution is -2.48. The molecule has 0 heterocycles. The minimum atomic E-state index is 0.420. The zero-order chi connectivity index (χ0) is 15.3. The van der Waals surface area contributed by atoms with Gasteiger partial charge in [0, 0.05) is 5.92 Å². The maximum absolute atomic E-state index is 12.1. The molecule has 0 bridgehead atoms. The summed E-state index contributed by atoms with van der Waals surface area (Å²) < 4.78 is 0. The van der Waals surface area contributed by atoms with Crippen LogP contribution in [-0.4, -0.2) is 5.78 Å². The van der Waals surface area contributed by atoms with Gasteiger partial charge in [0.1, 0.15) is 5.78 Å². The smallest absolute Gasteiger partial charge is 0.133 e. The lowest BCUT2D eigenvalue weighted by molar-refractivity contribution is -0.129. The molecule has 0 aromatic rings. The predicted octanol–water partition coefficient (Wildman–Crippen LogP) is 5.48. The molecule has 1 nitrogen and oxygen atoms in total. The molecule has 0 N–H and O–H groups in total. The van der Waals surface area contributed by atoms with Gasteiger partial charge in [-0.05, 0) is 99.7 Å².